The van der Waals surface area contributed by atoms with Crippen LogP contribution in [0.25, 0.3) is 10.8 Å². The summed E-state index contributed by atoms with van der Waals surface area (Å²) in [6, 6.07) is 14.3. The van der Waals surface area contributed by atoms with Gasteiger partial charge in [-0.1, -0.05) is 42.5 Å². The minimum atomic E-state index is -3.47. The molecule has 1 aliphatic heterocycles. The molecule has 0 amide bonds. The molecule has 2 heterocycles. The number of aromatic amines is 1. The van der Waals surface area contributed by atoms with E-state index >= 15 is 0 Å². The molecule has 124 valence electrons. The highest BCUT2D eigenvalue weighted by atomic mass is 32.2. The third-order valence-corrected chi connectivity index (χ3v) is 6.02. The van der Waals surface area contributed by atoms with Crippen LogP contribution >= 0.6 is 0 Å². The molecule has 6 nitrogen and oxygen atoms in total. The molecule has 0 bridgehead atoms. The minimum absolute atomic E-state index is 0.0818. The second-order valence-corrected chi connectivity index (χ2v) is 7.72. The first kappa shape index (κ1) is 15.3. The van der Waals surface area contributed by atoms with Crippen LogP contribution in [0.1, 0.15) is 5.56 Å². The Bertz CT molecular complexity index is 943. The summed E-state index contributed by atoms with van der Waals surface area (Å²) in [4.78, 5) is 6.40. The van der Waals surface area contributed by atoms with Gasteiger partial charge in [-0.25, -0.2) is 13.4 Å². The summed E-state index contributed by atoms with van der Waals surface area (Å²) in [6.07, 6.45) is 2.60. The maximum Gasteiger partial charge on any atom is 0.260 e. The lowest BCUT2D eigenvalue weighted by atomic mass is 10.1. The van der Waals surface area contributed by atoms with Crippen molar-refractivity contribution in [3.63, 3.8) is 0 Å². The lowest BCUT2D eigenvalue weighted by Gasteiger charge is -2.37. The number of fused-ring (bicyclic) bond motifs is 1. The van der Waals surface area contributed by atoms with Crippen LogP contribution in [0.4, 0.5) is 0 Å². The van der Waals surface area contributed by atoms with Crippen LogP contribution in [0, 0.1) is 0 Å². The Morgan fingerprint density at radius 2 is 1.96 bits per heavy atom. The Kier molecular flexibility index (Phi) is 3.84. The van der Waals surface area contributed by atoms with Crippen LogP contribution in [-0.4, -0.2) is 41.9 Å². The average molecular weight is 343 g/mol. The minimum Gasteiger partial charge on any atom is -0.371 e. The summed E-state index contributed by atoms with van der Waals surface area (Å²) >= 11 is 0. The van der Waals surface area contributed by atoms with E-state index in [1.165, 1.54) is 27.6 Å². The van der Waals surface area contributed by atoms with Crippen molar-refractivity contribution in [3.05, 3.63) is 60.6 Å². The van der Waals surface area contributed by atoms with Crippen LogP contribution < -0.4 is 0 Å². The van der Waals surface area contributed by atoms with E-state index in [1.807, 2.05) is 24.3 Å². The van der Waals surface area contributed by atoms with Gasteiger partial charge in [0.2, 0.25) is 0 Å². The van der Waals surface area contributed by atoms with E-state index in [0.29, 0.717) is 19.7 Å². The van der Waals surface area contributed by atoms with E-state index in [1.54, 1.807) is 0 Å². The highest BCUT2D eigenvalue weighted by Crippen LogP contribution is 2.24. The van der Waals surface area contributed by atoms with E-state index in [4.69, 9.17) is 4.74 Å². The summed E-state index contributed by atoms with van der Waals surface area (Å²) in [5, 5.41) is 2.46. The first-order valence-corrected chi connectivity index (χ1v) is 9.15. The molecule has 1 saturated heterocycles. The van der Waals surface area contributed by atoms with E-state index < -0.39 is 10.0 Å². The molecule has 24 heavy (non-hydrogen) atoms. The van der Waals surface area contributed by atoms with Crippen molar-refractivity contribution in [2.24, 2.45) is 0 Å². The molecule has 3 aromatic rings. The quantitative estimate of drug-likeness (QED) is 0.770. The molecule has 7 heteroatoms. The fraction of sp³-hybridized carbons (Fsp3) is 0.235. The molecule has 0 unspecified atom stereocenters. The molecular formula is C17H17N3O3S. The molecule has 0 atom stereocenters. The van der Waals surface area contributed by atoms with Crippen LogP contribution in [0.15, 0.2) is 60.0 Å². The van der Waals surface area contributed by atoms with E-state index in [9.17, 15) is 8.42 Å². The second kappa shape index (κ2) is 6.01. The van der Waals surface area contributed by atoms with Crippen molar-refractivity contribution < 1.29 is 13.2 Å². The number of sulfonamides is 1. The number of hydrogen-bond donors (Lipinski definition) is 1. The predicted molar refractivity (Wildman–Crippen MR) is 89.9 cm³/mol. The zero-order valence-corrected chi connectivity index (χ0v) is 13.7. The Morgan fingerprint density at radius 3 is 2.75 bits per heavy atom. The molecule has 0 saturated carbocycles. The van der Waals surface area contributed by atoms with Gasteiger partial charge in [0.25, 0.3) is 10.0 Å². The first-order chi connectivity index (χ1) is 11.6. The molecule has 1 fully saturated rings. The summed E-state index contributed by atoms with van der Waals surface area (Å²) in [5.41, 5.74) is 1.11. The largest absolute Gasteiger partial charge is 0.371 e. The highest BCUT2D eigenvalue weighted by Gasteiger charge is 2.38. The van der Waals surface area contributed by atoms with Crippen molar-refractivity contribution in [2.45, 2.75) is 17.7 Å². The van der Waals surface area contributed by atoms with Gasteiger partial charge >= 0.3 is 0 Å². The SMILES string of the molecule is O=S(=O)(c1cnc[nH]1)N1CC(OCc2cccc3ccccc23)C1. The van der Waals surface area contributed by atoms with Crippen molar-refractivity contribution in [2.75, 3.05) is 13.1 Å². The van der Waals surface area contributed by atoms with E-state index in [2.05, 4.69) is 28.2 Å². The van der Waals surface area contributed by atoms with Gasteiger partial charge in [-0.15, -0.1) is 0 Å². The number of imidazole rings is 1. The zero-order valence-electron chi connectivity index (χ0n) is 12.9. The maximum absolute atomic E-state index is 12.3. The summed E-state index contributed by atoms with van der Waals surface area (Å²) in [6.45, 7) is 1.21. The number of ether oxygens (including phenoxy) is 1. The normalized spacial score (nSPS) is 16.3. The number of nitrogens with one attached hydrogen (secondary N) is 1. The van der Waals surface area contributed by atoms with Crippen molar-refractivity contribution in [1.29, 1.82) is 0 Å². The topological polar surface area (TPSA) is 75.3 Å². The molecule has 0 aliphatic carbocycles. The molecule has 1 aliphatic rings. The van der Waals surface area contributed by atoms with Crippen LogP contribution in [0.2, 0.25) is 0 Å². The first-order valence-electron chi connectivity index (χ1n) is 7.71. The van der Waals surface area contributed by atoms with E-state index in [0.717, 1.165) is 5.56 Å². The molecule has 0 radical (unpaired) electrons. The lowest BCUT2D eigenvalue weighted by molar-refractivity contribution is -0.0292. The second-order valence-electron chi connectivity index (χ2n) is 5.81. The fourth-order valence-electron chi connectivity index (χ4n) is 2.85. The standard InChI is InChI=1S/C17H17N3O3S/c21-24(22,17-8-18-12-19-17)20-9-15(10-20)23-11-14-6-3-5-13-4-1-2-7-16(13)14/h1-8,12,15H,9-11H2,(H,18,19). The van der Waals surface area contributed by atoms with E-state index in [-0.39, 0.29) is 11.1 Å². The molecule has 2 aromatic carbocycles. The maximum atomic E-state index is 12.3. The van der Waals surface area contributed by atoms with Crippen molar-refractivity contribution >= 4 is 20.8 Å². The Labute approximate surface area is 140 Å². The van der Waals surface area contributed by atoms with Gasteiger partial charge in [-0.3, -0.25) is 0 Å². The van der Waals surface area contributed by atoms with Crippen LogP contribution in [0.5, 0.6) is 0 Å². The van der Waals surface area contributed by atoms with Crippen LogP contribution in [0.3, 0.4) is 0 Å². The number of hydrogen-bond acceptors (Lipinski definition) is 4. The van der Waals surface area contributed by atoms with Crippen LogP contribution in [-0.2, 0) is 21.4 Å². The molecule has 1 N–H and O–H groups in total. The number of rotatable bonds is 5. The van der Waals surface area contributed by atoms with Crippen molar-refractivity contribution in [1.82, 2.24) is 14.3 Å². The number of benzene rings is 2. The van der Waals surface area contributed by atoms with Gasteiger partial charge in [0.15, 0.2) is 5.03 Å². The van der Waals surface area contributed by atoms with Crippen molar-refractivity contribution in [3.8, 4) is 0 Å². The van der Waals surface area contributed by atoms with Gasteiger partial charge in [0, 0.05) is 13.1 Å². The average Bonchev–Trinajstić information content (AvgIpc) is 3.08. The van der Waals surface area contributed by atoms with Gasteiger partial charge in [0.1, 0.15) is 0 Å². The monoisotopic (exact) mass is 343 g/mol. The summed E-state index contributed by atoms with van der Waals surface area (Å²) < 4.78 is 31.8. The van der Waals surface area contributed by atoms with Gasteiger partial charge < -0.3 is 9.72 Å². The summed E-state index contributed by atoms with van der Waals surface area (Å²) in [5.74, 6) is 0. The number of nitrogens with zero attached hydrogens (tertiary/aromatic N) is 2. The Balaban J connectivity index is 1.39. The smallest absolute Gasteiger partial charge is 0.260 e. The summed E-state index contributed by atoms with van der Waals surface area (Å²) in [7, 11) is -3.47. The Hall–Kier alpha value is -2.22. The third-order valence-electron chi connectivity index (χ3n) is 4.26. The fourth-order valence-corrected chi connectivity index (χ4v) is 4.25. The highest BCUT2D eigenvalue weighted by molar-refractivity contribution is 7.89. The van der Waals surface area contributed by atoms with Gasteiger partial charge in [-0.2, -0.15) is 4.31 Å². The lowest BCUT2D eigenvalue weighted by Crippen LogP contribution is -2.54. The molecule has 1 aromatic heterocycles. The predicted octanol–water partition coefficient (Wildman–Crippen LogP) is 2.15. The van der Waals surface area contributed by atoms with Gasteiger partial charge in [0.05, 0.1) is 25.2 Å². The number of aromatic nitrogens is 2. The number of H-pyrrole nitrogens is 1. The zero-order chi connectivity index (χ0) is 16.6. The van der Waals surface area contributed by atoms with Gasteiger partial charge in [-0.05, 0) is 16.3 Å². The molecule has 4 rings (SSSR count). The third kappa shape index (κ3) is 2.71. The Morgan fingerprint density at radius 1 is 1.17 bits per heavy atom. The molecular weight excluding hydrogens is 326 g/mol. The molecule has 0 spiro atoms.